The summed E-state index contributed by atoms with van der Waals surface area (Å²) in [5.74, 6) is 1.02. The lowest BCUT2D eigenvalue weighted by Gasteiger charge is -2.13. The van der Waals surface area contributed by atoms with Crippen molar-refractivity contribution in [2.45, 2.75) is 52.7 Å². The Bertz CT molecular complexity index is 398. The zero-order valence-corrected chi connectivity index (χ0v) is 11.2. The van der Waals surface area contributed by atoms with E-state index in [-0.39, 0.29) is 0 Å². The largest absolute Gasteiger partial charge is 0.494 e. The molecule has 0 aromatic heterocycles. The first-order valence-corrected chi connectivity index (χ1v) is 6.50. The van der Waals surface area contributed by atoms with Crippen molar-refractivity contribution in [1.29, 1.82) is 0 Å². The van der Waals surface area contributed by atoms with Gasteiger partial charge < -0.3 is 9.47 Å². The monoisotopic (exact) mass is 234 g/mol. The predicted molar refractivity (Wildman–Crippen MR) is 69.7 cm³/mol. The summed E-state index contributed by atoms with van der Waals surface area (Å²) < 4.78 is 11.0. The molecule has 0 bridgehead atoms. The summed E-state index contributed by atoms with van der Waals surface area (Å²) in [6, 6.07) is 4.29. The van der Waals surface area contributed by atoms with E-state index in [9.17, 15) is 0 Å². The van der Waals surface area contributed by atoms with Gasteiger partial charge >= 0.3 is 0 Å². The molecule has 1 aromatic rings. The van der Waals surface area contributed by atoms with Crippen LogP contribution in [0.15, 0.2) is 12.1 Å². The highest BCUT2D eigenvalue weighted by atomic mass is 16.6. The van der Waals surface area contributed by atoms with E-state index in [1.165, 1.54) is 16.7 Å². The summed E-state index contributed by atoms with van der Waals surface area (Å²) in [6.45, 7) is 9.22. The lowest BCUT2D eigenvalue weighted by atomic mass is 9.98. The Labute approximate surface area is 104 Å². The Morgan fingerprint density at radius 2 is 1.94 bits per heavy atom. The molecule has 94 valence electrons. The number of aryl methyl sites for hydroxylation is 1. The van der Waals surface area contributed by atoms with Crippen LogP contribution >= 0.6 is 0 Å². The van der Waals surface area contributed by atoms with E-state index >= 15 is 0 Å². The summed E-state index contributed by atoms with van der Waals surface area (Å²) in [5, 5.41) is 0. The van der Waals surface area contributed by atoms with Crippen molar-refractivity contribution in [2.75, 3.05) is 6.61 Å². The van der Waals surface area contributed by atoms with Gasteiger partial charge in [-0.2, -0.15) is 0 Å². The molecule has 2 heteroatoms. The number of hydrogen-bond donors (Lipinski definition) is 0. The van der Waals surface area contributed by atoms with Crippen LogP contribution in [-0.4, -0.2) is 18.8 Å². The number of ether oxygens (including phenoxy) is 2. The van der Waals surface area contributed by atoms with Crippen molar-refractivity contribution in [3.8, 4) is 5.75 Å². The lowest BCUT2D eigenvalue weighted by Crippen LogP contribution is -2.00. The minimum absolute atomic E-state index is 0.471. The van der Waals surface area contributed by atoms with E-state index in [0.29, 0.717) is 12.2 Å². The second-order valence-corrected chi connectivity index (χ2v) is 4.82. The van der Waals surface area contributed by atoms with Gasteiger partial charge in [-0.3, -0.25) is 0 Å². The fourth-order valence-electron chi connectivity index (χ4n) is 2.27. The van der Waals surface area contributed by atoms with Crippen molar-refractivity contribution in [1.82, 2.24) is 0 Å². The Hall–Kier alpha value is -1.02. The highest BCUT2D eigenvalue weighted by Crippen LogP contribution is 2.29. The standard InChI is InChI=1S/C15H22O2/c1-5-16-14-8-6-13(10(2)11(14)3)7-9-15-12(4)17-15/h6,8,12,15H,5,7,9H2,1-4H3. The van der Waals surface area contributed by atoms with Gasteiger partial charge in [0.2, 0.25) is 0 Å². The zero-order valence-electron chi connectivity index (χ0n) is 11.2. The molecule has 0 aliphatic carbocycles. The van der Waals surface area contributed by atoms with E-state index in [0.717, 1.165) is 25.2 Å². The Kier molecular flexibility index (Phi) is 3.72. The van der Waals surface area contributed by atoms with Crippen molar-refractivity contribution in [3.63, 3.8) is 0 Å². The zero-order chi connectivity index (χ0) is 12.4. The molecule has 1 aromatic carbocycles. The highest BCUT2D eigenvalue weighted by molar-refractivity contribution is 5.43. The number of epoxide rings is 1. The average molecular weight is 234 g/mol. The maximum atomic E-state index is 5.60. The molecule has 1 saturated heterocycles. The van der Waals surface area contributed by atoms with Gasteiger partial charge in [0.1, 0.15) is 5.75 Å². The van der Waals surface area contributed by atoms with Crippen LogP contribution in [0.5, 0.6) is 5.75 Å². The van der Waals surface area contributed by atoms with Crippen LogP contribution in [0.3, 0.4) is 0 Å². The van der Waals surface area contributed by atoms with Gasteiger partial charge in [-0.1, -0.05) is 6.07 Å². The fraction of sp³-hybridized carbons (Fsp3) is 0.600. The highest BCUT2D eigenvalue weighted by Gasteiger charge is 2.33. The second-order valence-electron chi connectivity index (χ2n) is 4.82. The van der Waals surface area contributed by atoms with Crippen molar-refractivity contribution in [3.05, 3.63) is 28.8 Å². The maximum Gasteiger partial charge on any atom is 0.122 e. The van der Waals surface area contributed by atoms with Crippen LogP contribution < -0.4 is 4.74 Å². The molecule has 1 aliphatic rings. The third-order valence-corrected chi connectivity index (χ3v) is 3.68. The third-order valence-electron chi connectivity index (χ3n) is 3.68. The van der Waals surface area contributed by atoms with Crippen LogP contribution in [0.2, 0.25) is 0 Å². The Balaban J connectivity index is 2.04. The molecule has 0 radical (unpaired) electrons. The lowest BCUT2D eigenvalue weighted by molar-refractivity contribution is 0.337. The topological polar surface area (TPSA) is 21.8 Å². The Morgan fingerprint density at radius 3 is 2.53 bits per heavy atom. The normalized spacial score (nSPS) is 22.6. The minimum atomic E-state index is 0.471. The van der Waals surface area contributed by atoms with Crippen molar-refractivity contribution < 1.29 is 9.47 Å². The number of rotatable bonds is 5. The summed E-state index contributed by atoms with van der Waals surface area (Å²) in [5.41, 5.74) is 4.06. The number of benzene rings is 1. The molecule has 2 unspecified atom stereocenters. The molecule has 2 atom stereocenters. The first-order valence-electron chi connectivity index (χ1n) is 6.50. The molecule has 1 aliphatic heterocycles. The van der Waals surface area contributed by atoms with Gasteiger partial charge in [0.05, 0.1) is 18.8 Å². The van der Waals surface area contributed by atoms with Gasteiger partial charge in [0.15, 0.2) is 0 Å². The third kappa shape index (κ3) is 2.81. The van der Waals surface area contributed by atoms with E-state index in [2.05, 4.69) is 32.9 Å². The summed E-state index contributed by atoms with van der Waals surface area (Å²) >= 11 is 0. The van der Waals surface area contributed by atoms with Crippen LogP contribution in [0, 0.1) is 13.8 Å². The smallest absolute Gasteiger partial charge is 0.122 e. The van der Waals surface area contributed by atoms with Crippen LogP contribution in [0.25, 0.3) is 0 Å². The van der Waals surface area contributed by atoms with Gasteiger partial charge in [0.25, 0.3) is 0 Å². The van der Waals surface area contributed by atoms with Gasteiger partial charge in [-0.15, -0.1) is 0 Å². The molecule has 0 N–H and O–H groups in total. The predicted octanol–water partition coefficient (Wildman–Crippen LogP) is 3.42. The quantitative estimate of drug-likeness (QED) is 0.728. The van der Waals surface area contributed by atoms with Crippen LogP contribution in [0.1, 0.15) is 37.0 Å². The molecular weight excluding hydrogens is 212 g/mol. The second kappa shape index (κ2) is 5.09. The van der Waals surface area contributed by atoms with E-state index in [1.807, 2.05) is 6.92 Å². The van der Waals surface area contributed by atoms with Crippen LogP contribution in [0.4, 0.5) is 0 Å². The summed E-state index contributed by atoms with van der Waals surface area (Å²) in [4.78, 5) is 0. The molecule has 0 saturated carbocycles. The number of hydrogen-bond acceptors (Lipinski definition) is 2. The molecule has 0 spiro atoms. The molecule has 0 amide bonds. The fourth-order valence-corrected chi connectivity index (χ4v) is 2.27. The first kappa shape index (κ1) is 12.4. The SMILES string of the molecule is CCOc1ccc(CCC2OC2C)c(C)c1C. The average Bonchev–Trinajstić information content (AvgIpc) is 3.01. The molecule has 1 fully saturated rings. The van der Waals surface area contributed by atoms with E-state index < -0.39 is 0 Å². The van der Waals surface area contributed by atoms with Crippen molar-refractivity contribution >= 4 is 0 Å². The molecule has 2 rings (SSSR count). The molecule has 2 nitrogen and oxygen atoms in total. The summed E-state index contributed by atoms with van der Waals surface area (Å²) in [6.07, 6.45) is 3.20. The van der Waals surface area contributed by atoms with E-state index in [1.54, 1.807) is 0 Å². The van der Waals surface area contributed by atoms with E-state index in [4.69, 9.17) is 9.47 Å². The van der Waals surface area contributed by atoms with Crippen LogP contribution in [-0.2, 0) is 11.2 Å². The van der Waals surface area contributed by atoms with Crippen molar-refractivity contribution in [2.24, 2.45) is 0 Å². The minimum Gasteiger partial charge on any atom is -0.494 e. The first-order chi connectivity index (χ1) is 8.13. The molecule has 1 heterocycles. The maximum absolute atomic E-state index is 5.60. The van der Waals surface area contributed by atoms with Gasteiger partial charge in [-0.25, -0.2) is 0 Å². The molecule has 17 heavy (non-hydrogen) atoms. The Morgan fingerprint density at radius 1 is 1.24 bits per heavy atom. The summed E-state index contributed by atoms with van der Waals surface area (Å²) in [7, 11) is 0. The van der Waals surface area contributed by atoms with Gasteiger partial charge in [-0.05, 0) is 63.3 Å². The molecular formula is C15H22O2. The van der Waals surface area contributed by atoms with Gasteiger partial charge in [0, 0.05) is 0 Å².